The van der Waals surface area contributed by atoms with Crippen molar-refractivity contribution < 1.29 is 14.4 Å². The first-order valence-corrected chi connectivity index (χ1v) is 11.7. The molecule has 161 valence electrons. The fourth-order valence-corrected chi connectivity index (χ4v) is 6.77. The lowest BCUT2D eigenvalue weighted by Crippen LogP contribution is -2.23. The van der Waals surface area contributed by atoms with Gasteiger partial charge in [-0.05, 0) is 73.3 Å². The predicted octanol–water partition coefficient (Wildman–Crippen LogP) is 6.04. The molecule has 0 bridgehead atoms. The van der Waals surface area contributed by atoms with Crippen molar-refractivity contribution in [1.29, 1.82) is 0 Å². The smallest absolute Gasteiger partial charge is 0.366 e. The van der Waals surface area contributed by atoms with E-state index in [1.54, 1.807) is 12.1 Å². The van der Waals surface area contributed by atoms with Crippen molar-refractivity contribution in [2.24, 2.45) is 16.7 Å². The molecule has 1 radical (unpaired) electrons. The van der Waals surface area contributed by atoms with Gasteiger partial charge >= 0.3 is 11.8 Å². The maximum atomic E-state index is 13.5. The zero-order valence-corrected chi connectivity index (χ0v) is 18.2. The second kappa shape index (κ2) is 7.90. The van der Waals surface area contributed by atoms with Crippen LogP contribution in [0.3, 0.4) is 0 Å². The summed E-state index contributed by atoms with van der Waals surface area (Å²) in [5, 5.41) is 0. The molecule has 1 N–H and O–H groups in total. The Bertz CT molecular complexity index is 932. The molecule has 2 aromatic carbocycles. The van der Waals surface area contributed by atoms with Gasteiger partial charge in [0.25, 0.3) is 0 Å². The Hall–Kier alpha value is -2.46. The quantitative estimate of drug-likeness (QED) is 0.353. The number of Topliss-reactive ketones (excluding diaryl/α,β-unsaturated/α-hetero) is 1. The molecule has 0 heterocycles. The minimum absolute atomic E-state index is 0.105. The number of nitrogens with one attached hydrogen (secondary N) is 1. The minimum atomic E-state index is -0.437. The second-order valence-electron chi connectivity index (χ2n) is 9.74. The highest BCUT2D eigenvalue weighted by Gasteiger charge is 2.81. The van der Waals surface area contributed by atoms with E-state index in [-0.39, 0.29) is 22.8 Å². The summed E-state index contributed by atoms with van der Waals surface area (Å²) in [7, 11) is 0. The summed E-state index contributed by atoms with van der Waals surface area (Å²) in [6, 6.07) is 16.8. The van der Waals surface area contributed by atoms with Crippen LogP contribution in [-0.2, 0) is 4.84 Å². The van der Waals surface area contributed by atoms with Crippen LogP contribution in [-0.4, -0.2) is 11.8 Å². The fourth-order valence-electron chi connectivity index (χ4n) is 6.77. The molecule has 5 rings (SSSR count). The van der Waals surface area contributed by atoms with E-state index in [0.717, 1.165) is 11.1 Å². The Labute approximate surface area is 184 Å². The molecule has 1 atom stereocenters. The Morgan fingerprint density at radius 1 is 0.903 bits per heavy atom. The van der Waals surface area contributed by atoms with Crippen LogP contribution >= 0.6 is 0 Å². The molecular formula is C27H31NO3+. The predicted molar refractivity (Wildman–Crippen MR) is 119 cm³/mol. The van der Waals surface area contributed by atoms with Gasteiger partial charge < -0.3 is 4.84 Å². The fraction of sp³-hybridized carbons (Fsp3) is 0.481. The summed E-state index contributed by atoms with van der Waals surface area (Å²) < 4.78 is 0. The van der Waals surface area contributed by atoms with E-state index in [1.165, 1.54) is 51.4 Å². The van der Waals surface area contributed by atoms with E-state index in [2.05, 4.69) is 5.48 Å². The van der Waals surface area contributed by atoms with Gasteiger partial charge in [0, 0.05) is 0 Å². The van der Waals surface area contributed by atoms with Crippen molar-refractivity contribution in [3.8, 4) is 0 Å². The van der Waals surface area contributed by atoms with Crippen molar-refractivity contribution in [3.63, 3.8) is 0 Å². The lowest BCUT2D eigenvalue weighted by atomic mass is 9.71. The van der Waals surface area contributed by atoms with Crippen molar-refractivity contribution in [2.45, 2.75) is 64.3 Å². The summed E-state index contributed by atoms with van der Waals surface area (Å²) in [6.07, 6.45) is 9.96. The molecule has 0 aromatic heterocycles. The van der Waals surface area contributed by atoms with Crippen LogP contribution < -0.4 is 5.48 Å². The van der Waals surface area contributed by atoms with Crippen molar-refractivity contribution >= 4 is 11.8 Å². The zero-order chi connectivity index (χ0) is 21.5. The first-order valence-electron chi connectivity index (χ1n) is 11.7. The third-order valence-corrected chi connectivity index (χ3v) is 8.30. The van der Waals surface area contributed by atoms with Gasteiger partial charge in [0.1, 0.15) is 5.92 Å². The van der Waals surface area contributed by atoms with E-state index >= 15 is 0 Å². The summed E-state index contributed by atoms with van der Waals surface area (Å²) in [5.74, 6) is 0.0449. The van der Waals surface area contributed by atoms with E-state index in [0.29, 0.717) is 11.3 Å². The summed E-state index contributed by atoms with van der Waals surface area (Å²) >= 11 is 0. The first-order chi connectivity index (χ1) is 15.1. The number of hydroxylamine groups is 1. The molecule has 31 heavy (non-hydrogen) atoms. The van der Waals surface area contributed by atoms with Crippen molar-refractivity contribution in [3.05, 3.63) is 71.3 Å². The second-order valence-corrected chi connectivity index (χ2v) is 9.74. The Morgan fingerprint density at radius 2 is 1.42 bits per heavy atom. The lowest BCUT2D eigenvalue weighted by molar-refractivity contribution is 0.0169. The van der Waals surface area contributed by atoms with E-state index in [1.807, 2.05) is 49.4 Å². The van der Waals surface area contributed by atoms with Gasteiger partial charge in [-0.3, -0.25) is 0 Å². The molecule has 0 saturated heterocycles. The van der Waals surface area contributed by atoms with Gasteiger partial charge in [0.05, 0.1) is 17.2 Å². The summed E-state index contributed by atoms with van der Waals surface area (Å²) in [4.78, 5) is 31.2. The van der Waals surface area contributed by atoms with Crippen LogP contribution in [0.2, 0.25) is 0 Å². The SMILES string of the molecule is C[C@@H](NOC(=O)c1ccc(C(=[O+])C2C34CCCCC23CCCC4)cc1)c1ccccc1. The van der Waals surface area contributed by atoms with Crippen LogP contribution in [0, 0.1) is 16.7 Å². The number of hydrogen-bond donors (Lipinski definition) is 1. The van der Waals surface area contributed by atoms with Gasteiger partial charge in [-0.15, -0.1) is 5.48 Å². The van der Waals surface area contributed by atoms with Gasteiger partial charge in [-0.2, -0.15) is 0 Å². The normalized spacial score (nSPS) is 29.9. The van der Waals surface area contributed by atoms with E-state index < -0.39 is 5.97 Å². The Balaban J connectivity index is 1.24. The number of ketones is 1. The number of hydrogen-bond acceptors (Lipinski definition) is 4. The Morgan fingerprint density at radius 3 is 1.97 bits per heavy atom. The molecule has 0 aliphatic heterocycles. The average molecular weight is 418 g/mol. The molecule has 3 aliphatic rings. The molecule has 2 aromatic rings. The van der Waals surface area contributed by atoms with E-state index in [9.17, 15) is 9.59 Å². The van der Waals surface area contributed by atoms with Crippen LogP contribution in [0.1, 0.15) is 90.6 Å². The monoisotopic (exact) mass is 417 g/mol. The van der Waals surface area contributed by atoms with Crippen molar-refractivity contribution in [2.75, 3.05) is 0 Å². The number of benzene rings is 2. The Kier molecular flexibility index (Phi) is 5.21. The van der Waals surface area contributed by atoms with Crippen LogP contribution in [0.25, 0.3) is 0 Å². The molecular weight excluding hydrogens is 386 g/mol. The van der Waals surface area contributed by atoms with Crippen LogP contribution in [0.15, 0.2) is 54.6 Å². The van der Waals surface area contributed by atoms with Crippen molar-refractivity contribution in [1.82, 2.24) is 5.48 Å². The third-order valence-electron chi connectivity index (χ3n) is 8.30. The molecule has 4 nitrogen and oxygen atoms in total. The molecule has 0 amide bonds. The zero-order valence-electron chi connectivity index (χ0n) is 18.2. The number of rotatable bonds is 6. The van der Waals surface area contributed by atoms with E-state index in [4.69, 9.17) is 4.84 Å². The topological polar surface area (TPSA) is 58.2 Å². The standard InChI is InChI=1S/C27H31NO3/c1-19(20-9-3-2-4-10-20)28-31-25(30)22-13-11-21(12-14-22)23(29)24-26-15-5-6-16-27(24,26)18-8-7-17-26/h2-4,9-14,19,24,28H,5-8,15-18H2,1H3/q+1/t19-,24?,26?,27?/m1/s1. The molecule has 3 aliphatic carbocycles. The van der Waals surface area contributed by atoms with Gasteiger partial charge in [0.2, 0.25) is 4.79 Å². The summed E-state index contributed by atoms with van der Waals surface area (Å²) in [6.45, 7) is 1.94. The molecule has 4 heteroatoms. The van der Waals surface area contributed by atoms with Gasteiger partial charge in [-0.1, -0.05) is 56.0 Å². The highest BCUT2D eigenvalue weighted by molar-refractivity contribution is 6.02. The molecule has 0 unspecified atom stereocenters. The number of carbonyl (C=O) groups excluding carboxylic acids is 2. The van der Waals surface area contributed by atoms with Crippen LogP contribution in [0.4, 0.5) is 0 Å². The lowest BCUT2D eigenvalue weighted by Gasteiger charge is -2.33. The maximum absolute atomic E-state index is 13.5. The molecule has 3 fully saturated rings. The maximum Gasteiger partial charge on any atom is 0.478 e. The highest BCUT2D eigenvalue weighted by Crippen LogP contribution is 2.81. The van der Waals surface area contributed by atoms with Crippen LogP contribution in [0.5, 0.6) is 0 Å². The highest BCUT2D eigenvalue weighted by atomic mass is 16.7. The average Bonchev–Trinajstić information content (AvgIpc) is 3.47. The number of carbonyl (C=O) groups is 2. The minimum Gasteiger partial charge on any atom is -0.366 e. The molecule has 0 spiro atoms. The van der Waals surface area contributed by atoms with Gasteiger partial charge in [-0.25, -0.2) is 4.79 Å². The largest absolute Gasteiger partial charge is 0.478 e. The first kappa shape index (κ1) is 20.4. The van der Waals surface area contributed by atoms with Gasteiger partial charge in [0.15, 0.2) is 0 Å². The summed E-state index contributed by atoms with van der Waals surface area (Å²) in [5.41, 5.74) is 5.59. The third kappa shape index (κ3) is 3.32. The molecule has 3 saturated carbocycles.